The van der Waals surface area contributed by atoms with E-state index in [9.17, 15) is 13.2 Å². The van der Waals surface area contributed by atoms with Crippen molar-refractivity contribution in [1.82, 2.24) is 5.32 Å². The van der Waals surface area contributed by atoms with E-state index in [0.717, 1.165) is 18.4 Å². The fourth-order valence-corrected chi connectivity index (χ4v) is 3.50. The van der Waals surface area contributed by atoms with Gasteiger partial charge in [0.15, 0.2) is 0 Å². The van der Waals surface area contributed by atoms with Crippen LogP contribution >= 0.6 is 0 Å². The van der Waals surface area contributed by atoms with Crippen LogP contribution in [0.5, 0.6) is 0 Å². The third kappa shape index (κ3) is 5.01. The van der Waals surface area contributed by atoms with Crippen LogP contribution in [0.25, 0.3) is 0 Å². The van der Waals surface area contributed by atoms with Gasteiger partial charge in [-0.2, -0.15) is 0 Å². The number of methoxy groups -OCH3 is 1. The molecule has 1 saturated carbocycles. The molecular formula is C16H25N3O4S. The molecule has 0 unspecified atom stereocenters. The highest BCUT2D eigenvalue weighted by Crippen LogP contribution is 2.25. The Balaban J connectivity index is 1.80. The zero-order valence-electron chi connectivity index (χ0n) is 13.8. The van der Waals surface area contributed by atoms with Crippen molar-refractivity contribution >= 4 is 15.9 Å². The van der Waals surface area contributed by atoms with Gasteiger partial charge in [0.25, 0.3) is 0 Å². The van der Waals surface area contributed by atoms with Crippen LogP contribution in [0.2, 0.25) is 0 Å². The summed E-state index contributed by atoms with van der Waals surface area (Å²) in [7, 11) is -2.05. The molecule has 3 atom stereocenters. The second kappa shape index (κ2) is 8.06. The monoisotopic (exact) mass is 355 g/mol. The van der Waals surface area contributed by atoms with Gasteiger partial charge in [-0.15, -0.1) is 0 Å². The molecule has 1 fully saturated rings. The molecule has 0 saturated heterocycles. The van der Waals surface area contributed by atoms with Gasteiger partial charge in [-0.3, -0.25) is 4.79 Å². The molecule has 1 amide bonds. The number of carbonyl (C=O) groups is 1. The van der Waals surface area contributed by atoms with Crippen LogP contribution < -0.4 is 16.2 Å². The van der Waals surface area contributed by atoms with Crippen molar-refractivity contribution in [2.45, 2.75) is 42.7 Å². The number of nitrogens with two attached hydrogens (primary N) is 2. The second-order valence-corrected chi connectivity index (χ2v) is 7.74. The van der Waals surface area contributed by atoms with Crippen molar-refractivity contribution in [2.24, 2.45) is 16.8 Å². The number of amides is 1. The fourth-order valence-electron chi connectivity index (χ4n) is 2.98. The van der Waals surface area contributed by atoms with Gasteiger partial charge in [-0.05, 0) is 43.4 Å². The normalized spacial score (nSPS) is 24.5. The van der Waals surface area contributed by atoms with Gasteiger partial charge in [-0.1, -0.05) is 12.1 Å². The number of nitrogens with one attached hydrogen (secondary N) is 1. The lowest BCUT2D eigenvalue weighted by atomic mass is 9.83. The van der Waals surface area contributed by atoms with Crippen molar-refractivity contribution in [2.75, 3.05) is 13.7 Å². The van der Waals surface area contributed by atoms with Crippen LogP contribution in [0.4, 0.5) is 0 Å². The quantitative estimate of drug-likeness (QED) is 0.669. The summed E-state index contributed by atoms with van der Waals surface area (Å²) in [5.41, 5.74) is 6.90. The van der Waals surface area contributed by atoms with Gasteiger partial charge in [-0.25, -0.2) is 13.6 Å². The van der Waals surface area contributed by atoms with Crippen molar-refractivity contribution in [3.63, 3.8) is 0 Å². The third-order valence-corrected chi connectivity index (χ3v) is 5.41. The average Bonchev–Trinajstić information content (AvgIpc) is 2.55. The smallest absolute Gasteiger partial charge is 0.238 e. The second-order valence-electron chi connectivity index (χ2n) is 6.18. The first-order valence-electron chi connectivity index (χ1n) is 7.99. The minimum atomic E-state index is -3.67. The van der Waals surface area contributed by atoms with Crippen molar-refractivity contribution in [3.05, 3.63) is 29.8 Å². The van der Waals surface area contributed by atoms with Crippen LogP contribution in [0.3, 0.4) is 0 Å². The predicted molar refractivity (Wildman–Crippen MR) is 90.6 cm³/mol. The van der Waals surface area contributed by atoms with Gasteiger partial charge in [0.2, 0.25) is 15.9 Å². The minimum absolute atomic E-state index is 0.00334. The Morgan fingerprint density at radius 1 is 1.29 bits per heavy atom. The topological polar surface area (TPSA) is 125 Å². The maximum absolute atomic E-state index is 12.2. The van der Waals surface area contributed by atoms with Crippen LogP contribution in [0, 0.1) is 5.92 Å². The first kappa shape index (κ1) is 18.9. The summed E-state index contributed by atoms with van der Waals surface area (Å²) in [6.45, 7) is 0.494. The van der Waals surface area contributed by atoms with Gasteiger partial charge >= 0.3 is 0 Å². The van der Waals surface area contributed by atoms with E-state index in [1.54, 1.807) is 19.2 Å². The maximum Gasteiger partial charge on any atom is 0.238 e. The third-order valence-electron chi connectivity index (χ3n) is 4.48. The molecule has 1 aromatic rings. The number of rotatable bonds is 6. The molecule has 1 aliphatic rings. The van der Waals surface area contributed by atoms with E-state index in [-0.39, 0.29) is 28.9 Å². The lowest BCUT2D eigenvalue weighted by Gasteiger charge is -2.32. The largest absolute Gasteiger partial charge is 0.380 e. The Hall–Kier alpha value is -1.48. The molecule has 7 nitrogen and oxygen atoms in total. The van der Waals surface area contributed by atoms with Gasteiger partial charge in [0.1, 0.15) is 0 Å². The molecule has 0 bridgehead atoms. The van der Waals surface area contributed by atoms with E-state index in [0.29, 0.717) is 19.4 Å². The first-order chi connectivity index (χ1) is 11.3. The number of ether oxygens (including phenoxy) is 1. The van der Waals surface area contributed by atoms with Crippen LogP contribution in [-0.4, -0.2) is 40.1 Å². The molecule has 0 spiro atoms. The van der Waals surface area contributed by atoms with E-state index in [1.165, 1.54) is 12.1 Å². The number of primary sulfonamides is 1. The SMILES string of the molecule is CO[C@@H]1C[C@@H](C(=O)NCCc2ccc(S(N)(=O)=O)cc2)CC[C@H]1N. The highest BCUT2D eigenvalue weighted by Gasteiger charge is 2.31. The molecule has 5 N–H and O–H groups in total. The molecule has 134 valence electrons. The molecule has 0 heterocycles. The molecule has 2 rings (SSSR count). The van der Waals surface area contributed by atoms with Crippen molar-refractivity contribution in [3.8, 4) is 0 Å². The lowest BCUT2D eigenvalue weighted by Crippen LogP contribution is -2.45. The van der Waals surface area contributed by atoms with Gasteiger partial charge < -0.3 is 15.8 Å². The zero-order chi connectivity index (χ0) is 17.7. The Kier molecular flexibility index (Phi) is 6.34. The van der Waals surface area contributed by atoms with Crippen LogP contribution in [-0.2, 0) is 26.0 Å². The van der Waals surface area contributed by atoms with E-state index in [1.807, 2.05) is 0 Å². The Morgan fingerprint density at radius 3 is 2.54 bits per heavy atom. The number of hydrogen-bond acceptors (Lipinski definition) is 5. The fraction of sp³-hybridized carbons (Fsp3) is 0.562. The summed E-state index contributed by atoms with van der Waals surface area (Å²) in [6.07, 6.45) is 2.75. The van der Waals surface area contributed by atoms with Crippen LogP contribution in [0.1, 0.15) is 24.8 Å². The van der Waals surface area contributed by atoms with E-state index < -0.39 is 10.0 Å². The molecule has 0 aromatic heterocycles. The summed E-state index contributed by atoms with van der Waals surface area (Å²) in [4.78, 5) is 12.3. The highest BCUT2D eigenvalue weighted by atomic mass is 32.2. The summed E-state index contributed by atoms with van der Waals surface area (Å²) in [5, 5.41) is 7.98. The first-order valence-corrected chi connectivity index (χ1v) is 9.53. The Morgan fingerprint density at radius 2 is 1.96 bits per heavy atom. The van der Waals surface area contributed by atoms with Crippen molar-refractivity contribution < 1.29 is 17.9 Å². The minimum Gasteiger partial charge on any atom is -0.380 e. The maximum atomic E-state index is 12.2. The molecule has 8 heteroatoms. The molecule has 24 heavy (non-hydrogen) atoms. The molecule has 1 aromatic carbocycles. The van der Waals surface area contributed by atoms with Crippen molar-refractivity contribution in [1.29, 1.82) is 0 Å². The summed E-state index contributed by atoms with van der Waals surface area (Å²) in [5.74, 6) is -0.0513. The summed E-state index contributed by atoms with van der Waals surface area (Å²) in [6, 6.07) is 6.34. The van der Waals surface area contributed by atoms with Gasteiger partial charge in [0.05, 0.1) is 11.0 Å². The molecule has 1 aliphatic carbocycles. The number of carbonyl (C=O) groups excluding carboxylic acids is 1. The van der Waals surface area contributed by atoms with E-state index in [4.69, 9.17) is 15.6 Å². The Labute approximate surface area is 142 Å². The summed E-state index contributed by atoms with van der Waals surface area (Å²) >= 11 is 0. The molecular weight excluding hydrogens is 330 g/mol. The lowest BCUT2D eigenvalue weighted by molar-refractivity contribution is -0.127. The Bertz CT molecular complexity index is 660. The summed E-state index contributed by atoms with van der Waals surface area (Å²) < 4.78 is 27.7. The van der Waals surface area contributed by atoms with Crippen LogP contribution in [0.15, 0.2) is 29.2 Å². The van der Waals surface area contributed by atoms with E-state index >= 15 is 0 Å². The number of benzene rings is 1. The molecule has 0 aliphatic heterocycles. The standard InChI is InChI=1S/C16H25N3O4S/c1-23-15-10-12(4-7-14(15)17)16(20)19-9-8-11-2-5-13(6-3-11)24(18,21)22/h2-3,5-6,12,14-15H,4,7-10,17H2,1H3,(H,19,20)(H2,18,21,22)/t12-,14+,15+/m0/s1. The predicted octanol–water partition coefficient (Wildman–Crippen LogP) is 0.135. The molecule has 0 radical (unpaired) electrons. The number of sulfonamides is 1. The van der Waals surface area contributed by atoms with E-state index in [2.05, 4.69) is 5.32 Å². The number of hydrogen-bond donors (Lipinski definition) is 3. The highest BCUT2D eigenvalue weighted by molar-refractivity contribution is 7.89. The van der Waals surface area contributed by atoms with Gasteiger partial charge in [0, 0.05) is 25.6 Å². The average molecular weight is 355 g/mol. The zero-order valence-corrected chi connectivity index (χ0v) is 14.6.